The number of aliphatic hydroxyl groups is 1. The highest BCUT2D eigenvalue weighted by atomic mass is 32.2. The van der Waals surface area contributed by atoms with Crippen molar-refractivity contribution in [2.45, 2.75) is 18.2 Å². The summed E-state index contributed by atoms with van der Waals surface area (Å²) in [5, 5.41) is 19.2. The third kappa shape index (κ3) is 3.50. The molecule has 1 fully saturated rings. The molecule has 1 saturated heterocycles. The molecule has 0 saturated carbocycles. The summed E-state index contributed by atoms with van der Waals surface area (Å²) in [5.41, 5.74) is 1.03. The van der Waals surface area contributed by atoms with Crippen LogP contribution in [0.2, 0.25) is 0 Å². The number of benzene rings is 1. The molecule has 0 amide bonds. The van der Waals surface area contributed by atoms with Gasteiger partial charge in [0.05, 0.1) is 29.6 Å². The number of aromatic nitrogens is 4. The molecule has 0 unspecified atom stereocenters. The van der Waals surface area contributed by atoms with Crippen LogP contribution in [0.25, 0.3) is 16.7 Å². The Morgan fingerprint density at radius 3 is 2.71 bits per heavy atom. The van der Waals surface area contributed by atoms with E-state index >= 15 is 0 Å². The summed E-state index contributed by atoms with van der Waals surface area (Å²) < 4.78 is 39.1. The van der Waals surface area contributed by atoms with Crippen molar-refractivity contribution in [1.29, 1.82) is 0 Å². The van der Waals surface area contributed by atoms with Gasteiger partial charge in [-0.2, -0.15) is 15.1 Å². The number of nitrogens with zero attached hydrogens (tertiary/aromatic N) is 4. The summed E-state index contributed by atoms with van der Waals surface area (Å²) in [6, 6.07) is 5.77. The second kappa shape index (κ2) is 7.32. The maximum Gasteiger partial charge on any atom is 0.227 e. The third-order valence-electron chi connectivity index (χ3n) is 4.52. The second-order valence-electron chi connectivity index (χ2n) is 6.46. The van der Waals surface area contributed by atoms with E-state index < -0.39 is 15.2 Å². The van der Waals surface area contributed by atoms with Gasteiger partial charge >= 0.3 is 0 Å². The Hall–Kier alpha value is -2.79. The van der Waals surface area contributed by atoms with Crippen LogP contribution < -0.4 is 10.6 Å². The number of nitrogens with one attached hydrogen (secondary N) is 2. The molecule has 1 aromatic carbocycles. The van der Waals surface area contributed by atoms with E-state index in [1.54, 1.807) is 18.3 Å². The molecule has 0 radical (unpaired) electrons. The summed E-state index contributed by atoms with van der Waals surface area (Å²) in [7, 11) is -3.24. The van der Waals surface area contributed by atoms with Crippen LogP contribution in [0.15, 0.2) is 30.5 Å². The van der Waals surface area contributed by atoms with Crippen molar-refractivity contribution in [2.24, 2.45) is 0 Å². The van der Waals surface area contributed by atoms with Gasteiger partial charge in [-0.25, -0.2) is 17.5 Å². The van der Waals surface area contributed by atoms with Crippen LogP contribution in [0, 0.1) is 5.82 Å². The molecule has 3 N–H and O–H groups in total. The highest BCUT2D eigenvalue weighted by molar-refractivity contribution is 7.92. The molecule has 1 aliphatic rings. The Balaban J connectivity index is 1.79. The van der Waals surface area contributed by atoms with Gasteiger partial charge in [-0.15, -0.1) is 0 Å². The molecular weight excluding hydrogens is 387 g/mol. The predicted molar refractivity (Wildman–Crippen MR) is 103 cm³/mol. The van der Waals surface area contributed by atoms with Crippen LogP contribution in [-0.4, -0.2) is 57.6 Å². The van der Waals surface area contributed by atoms with E-state index in [0.29, 0.717) is 35.4 Å². The van der Waals surface area contributed by atoms with Crippen LogP contribution in [0.3, 0.4) is 0 Å². The molecular formula is C17H19FN6O3S. The fourth-order valence-electron chi connectivity index (χ4n) is 3.15. The van der Waals surface area contributed by atoms with Crippen molar-refractivity contribution < 1.29 is 17.9 Å². The number of rotatable bonds is 6. The molecule has 28 heavy (non-hydrogen) atoms. The van der Waals surface area contributed by atoms with Crippen molar-refractivity contribution in [3.8, 4) is 5.69 Å². The SMILES string of the molecule is O=S1(=O)CCC[C@@H]1Nc1nc(NCCO)c2cnn(-c3ccc(F)cc3)c2n1. The number of hydrogen-bond acceptors (Lipinski definition) is 8. The maximum atomic E-state index is 13.3. The Morgan fingerprint density at radius 1 is 1.25 bits per heavy atom. The Kier molecular flexibility index (Phi) is 4.85. The van der Waals surface area contributed by atoms with Gasteiger partial charge in [-0.1, -0.05) is 0 Å². The predicted octanol–water partition coefficient (Wildman–Crippen LogP) is 1.31. The van der Waals surface area contributed by atoms with Gasteiger partial charge in [0, 0.05) is 6.54 Å². The summed E-state index contributed by atoms with van der Waals surface area (Å²) in [4.78, 5) is 8.82. The van der Waals surface area contributed by atoms with E-state index in [-0.39, 0.29) is 30.7 Å². The summed E-state index contributed by atoms with van der Waals surface area (Å²) in [6.45, 7) is 0.159. The fraction of sp³-hybridized carbons (Fsp3) is 0.353. The van der Waals surface area contributed by atoms with Crippen LogP contribution in [0.1, 0.15) is 12.8 Å². The zero-order valence-corrected chi connectivity index (χ0v) is 15.7. The number of aliphatic hydroxyl groups excluding tert-OH is 1. The standard InChI is InChI=1S/C17H19FN6O3S/c18-11-3-5-12(6-4-11)24-16-13(10-20-24)15(19-7-8-25)22-17(23-16)21-14-2-1-9-28(14,26)27/h3-6,10,14,25H,1-2,7-9H2,(H2,19,21,22,23)/t14-/m1/s1. The minimum Gasteiger partial charge on any atom is -0.395 e. The number of sulfone groups is 1. The summed E-state index contributed by atoms with van der Waals surface area (Å²) >= 11 is 0. The van der Waals surface area contributed by atoms with Gasteiger partial charge in [0.2, 0.25) is 5.95 Å². The van der Waals surface area contributed by atoms with E-state index in [9.17, 15) is 12.8 Å². The van der Waals surface area contributed by atoms with Gasteiger partial charge in [-0.05, 0) is 37.1 Å². The zero-order valence-electron chi connectivity index (χ0n) is 14.8. The monoisotopic (exact) mass is 406 g/mol. The lowest BCUT2D eigenvalue weighted by atomic mass is 10.3. The molecule has 0 bridgehead atoms. The zero-order chi connectivity index (χ0) is 19.7. The van der Waals surface area contributed by atoms with Crippen LogP contribution >= 0.6 is 0 Å². The molecule has 9 nitrogen and oxygen atoms in total. The van der Waals surface area contributed by atoms with Gasteiger partial charge < -0.3 is 15.7 Å². The largest absolute Gasteiger partial charge is 0.395 e. The molecule has 148 valence electrons. The maximum absolute atomic E-state index is 13.3. The van der Waals surface area contributed by atoms with Crippen molar-refractivity contribution in [3.05, 3.63) is 36.3 Å². The van der Waals surface area contributed by atoms with Gasteiger partial charge in [0.15, 0.2) is 15.5 Å². The first-order valence-corrected chi connectivity index (χ1v) is 10.5. The normalized spacial score (nSPS) is 18.4. The first kappa shape index (κ1) is 18.6. The Morgan fingerprint density at radius 2 is 2.04 bits per heavy atom. The minimum atomic E-state index is -3.24. The Labute approximate surface area is 160 Å². The summed E-state index contributed by atoms with van der Waals surface area (Å²) in [6.07, 6.45) is 2.64. The lowest BCUT2D eigenvalue weighted by molar-refractivity contribution is 0.311. The highest BCUT2D eigenvalue weighted by Gasteiger charge is 2.32. The number of anilines is 2. The summed E-state index contributed by atoms with van der Waals surface area (Å²) in [5.74, 6) is 0.335. The van der Waals surface area contributed by atoms with Crippen LogP contribution in [0.5, 0.6) is 0 Å². The second-order valence-corrected chi connectivity index (χ2v) is 8.76. The van der Waals surface area contributed by atoms with Crippen molar-refractivity contribution in [2.75, 3.05) is 29.5 Å². The van der Waals surface area contributed by atoms with Gasteiger partial charge in [-0.3, -0.25) is 0 Å². The van der Waals surface area contributed by atoms with Crippen molar-refractivity contribution >= 4 is 32.6 Å². The molecule has 0 spiro atoms. The van der Waals surface area contributed by atoms with E-state index in [0.717, 1.165) is 0 Å². The molecule has 3 heterocycles. The molecule has 3 aromatic rings. The first-order valence-electron chi connectivity index (χ1n) is 8.82. The number of fused-ring (bicyclic) bond motifs is 1. The minimum absolute atomic E-state index is 0.0998. The van der Waals surface area contributed by atoms with E-state index in [1.165, 1.54) is 16.8 Å². The van der Waals surface area contributed by atoms with E-state index in [2.05, 4.69) is 25.7 Å². The first-order chi connectivity index (χ1) is 13.5. The van der Waals surface area contributed by atoms with Gasteiger partial charge in [0.1, 0.15) is 17.0 Å². The van der Waals surface area contributed by atoms with E-state index in [4.69, 9.17) is 5.11 Å². The van der Waals surface area contributed by atoms with Crippen LogP contribution in [-0.2, 0) is 9.84 Å². The van der Waals surface area contributed by atoms with E-state index in [1.807, 2.05) is 0 Å². The molecule has 4 rings (SSSR count). The highest BCUT2D eigenvalue weighted by Crippen LogP contribution is 2.26. The smallest absolute Gasteiger partial charge is 0.227 e. The third-order valence-corrected chi connectivity index (χ3v) is 6.60. The van der Waals surface area contributed by atoms with Gasteiger partial charge in [0.25, 0.3) is 0 Å². The topological polar surface area (TPSA) is 122 Å². The number of hydrogen-bond donors (Lipinski definition) is 3. The number of halogens is 1. The average molecular weight is 406 g/mol. The molecule has 0 aliphatic carbocycles. The van der Waals surface area contributed by atoms with Crippen LogP contribution in [0.4, 0.5) is 16.2 Å². The molecule has 1 aliphatic heterocycles. The van der Waals surface area contributed by atoms with Crippen molar-refractivity contribution in [1.82, 2.24) is 19.7 Å². The molecule has 11 heteroatoms. The molecule has 2 aromatic heterocycles. The lowest BCUT2D eigenvalue weighted by Gasteiger charge is -2.14. The lowest BCUT2D eigenvalue weighted by Crippen LogP contribution is -2.26. The van der Waals surface area contributed by atoms with Crippen molar-refractivity contribution in [3.63, 3.8) is 0 Å². The quantitative estimate of drug-likeness (QED) is 0.560. The fourth-order valence-corrected chi connectivity index (χ4v) is 4.81. The average Bonchev–Trinajstić information content (AvgIpc) is 3.24. The molecule has 1 atom stereocenters. The Bertz CT molecular complexity index is 1100.